The molecule has 5 heteroatoms. The maximum absolute atomic E-state index is 12.3. The third-order valence-corrected chi connectivity index (χ3v) is 4.66. The number of nitrogens with zero attached hydrogens (tertiary/aromatic N) is 1. The van der Waals surface area contributed by atoms with Crippen molar-refractivity contribution in [3.8, 4) is 0 Å². The van der Waals surface area contributed by atoms with E-state index in [4.69, 9.17) is 0 Å². The van der Waals surface area contributed by atoms with E-state index in [0.717, 1.165) is 37.2 Å². The van der Waals surface area contributed by atoms with Gasteiger partial charge in [0.25, 0.3) is 5.91 Å². The van der Waals surface area contributed by atoms with Gasteiger partial charge in [0.1, 0.15) is 0 Å². The van der Waals surface area contributed by atoms with Crippen molar-refractivity contribution in [2.45, 2.75) is 25.8 Å². The quantitative estimate of drug-likeness (QED) is 0.871. The minimum absolute atomic E-state index is 0.00154. The van der Waals surface area contributed by atoms with Gasteiger partial charge in [0.05, 0.1) is 6.54 Å². The van der Waals surface area contributed by atoms with Gasteiger partial charge in [-0.25, -0.2) is 0 Å². The smallest absolute Gasteiger partial charge is 0.251 e. The van der Waals surface area contributed by atoms with Crippen molar-refractivity contribution in [3.05, 3.63) is 65.7 Å². The molecule has 2 N–H and O–H groups in total. The maximum Gasteiger partial charge on any atom is 0.251 e. The van der Waals surface area contributed by atoms with Gasteiger partial charge in [-0.05, 0) is 44.0 Å². The van der Waals surface area contributed by atoms with Gasteiger partial charge in [0, 0.05) is 30.4 Å². The minimum Gasteiger partial charge on any atom is -0.349 e. The number of likely N-dealkylation sites (tertiary alicyclic amines) is 1. The molecule has 0 aromatic heterocycles. The zero-order valence-electron chi connectivity index (χ0n) is 15.1. The van der Waals surface area contributed by atoms with Crippen molar-refractivity contribution >= 4 is 17.5 Å². The van der Waals surface area contributed by atoms with E-state index in [2.05, 4.69) is 15.5 Å². The van der Waals surface area contributed by atoms with Gasteiger partial charge in [0.15, 0.2) is 0 Å². The maximum atomic E-state index is 12.3. The Bertz CT molecular complexity index is 736. The predicted octanol–water partition coefficient (Wildman–Crippen LogP) is 2.83. The van der Waals surface area contributed by atoms with Crippen molar-refractivity contribution in [2.24, 2.45) is 0 Å². The first-order chi connectivity index (χ1) is 12.6. The first-order valence-electron chi connectivity index (χ1n) is 9.05. The highest BCUT2D eigenvalue weighted by Gasteiger charge is 2.22. The third-order valence-electron chi connectivity index (χ3n) is 4.66. The van der Waals surface area contributed by atoms with Crippen molar-refractivity contribution in [1.82, 2.24) is 10.2 Å². The number of aryl methyl sites for hydroxylation is 1. The third kappa shape index (κ3) is 5.17. The predicted molar refractivity (Wildman–Crippen MR) is 103 cm³/mol. The largest absolute Gasteiger partial charge is 0.349 e. The molecule has 2 aromatic rings. The number of amides is 2. The Balaban J connectivity index is 1.42. The second-order valence-electron chi connectivity index (χ2n) is 6.80. The number of anilines is 1. The molecule has 0 radical (unpaired) electrons. The number of rotatable bonds is 5. The van der Waals surface area contributed by atoms with Gasteiger partial charge in [-0.1, -0.05) is 35.9 Å². The van der Waals surface area contributed by atoms with Crippen molar-refractivity contribution in [3.63, 3.8) is 0 Å². The van der Waals surface area contributed by atoms with Crippen LogP contribution in [0, 0.1) is 6.92 Å². The molecule has 0 spiro atoms. The molecular formula is C21H25N3O2. The lowest BCUT2D eigenvalue weighted by Gasteiger charge is -2.31. The fraction of sp³-hybridized carbons (Fsp3) is 0.333. The second-order valence-corrected chi connectivity index (χ2v) is 6.80. The Morgan fingerprint density at radius 1 is 1.00 bits per heavy atom. The average Bonchev–Trinajstić information content (AvgIpc) is 2.64. The lowest BCUT2D eigenvalue weighted by Crippen LogP contribution is -2.46. The second kappa shape index (κ2) is 8.63. The molecule has 5 nitrogen and oxygen atoms in total. The molecule has 1 heterocycles. The van der Waals surface area contributed by atoms with Crippen LogP contribution in [0.15, 0.2) is 54.6 Å². The Kier molecular flexibility index (Phi) is 6.02. The molecule has 1 saturated heterocycles. The molecule has 1 aliphatic rings. The van der Waals surface area contributed by atoms with E-state index in [1.807, 2.05) is 61.5 Å². The summed E-state index contributed by atoms with van der Waals surface area (Å²) in [6.07, 6.45) is 1.71. The van der Waals surface area contributed by atoms with Crippen LogP contribution in [0.25, 0.3) is 0 Å². The molecule has 0 atom stereocenters. The molecule has 2 amide bonds. The highest BCUT2D eigenvalue weighted by Crippen LogP contribution is 2.12. The topological polar surface area (TPSA) is 61.4 Å². The molecule has 0 saturated carbocycles. The normalized spacial score (nSPS) is 15.4. The standard InChI is InChI=1S/C21H25N3O2/c1-16-7-9-17(10-8-16)21(26)23-19-11-13-24(14-12-19)15-20(25)22-18-5-3-2-4-6-18/h2-10,19H,11-15H2,1H3,(H,22,25)(H,23,26). The van der Waals surface area contributed by atoms with Crippen LogP contribution in [-0.2, 0) is 4.79 Å². The number of benzene rings is 2. The van der Waals surface area contributed by atoms with Crippen LogP contribution in [0.3, 0.4) is 0 Å². The SMILES string of the molecule is Cc1ccc(C(=O)NC2CCN(CC(=O)Nc3ccccc3)CC2)cc1. The van der Waals surface area contributed by atoms with Crippen LogP contribution in [0.1, 0.15) is 28.8 Å². The van der Waals surface area contributed by atoms with Gasteiger partial charge >= 0.3 is 0 Å². The summed E-state index contributed by atoms with van der Waals surface area (Å²) in [6.45, 7) is 4.00. The van der Waals surface area contributed by atoms with Crippen molar-refractivity contribution < 1.29 is 9.59 Å². The molecule has 1 aliphatic heterocycles. The summed E-state index contributed by atoms with van der Waals surface area (Å²) >= 11 is 0. The molecule has 0 aliphatic carbocycles. The fourth-order valence-corrected chi connectivity index (χ4v) is 3.13. The summed E-state index contributed by atoms with van der Waals surface area (Å²) in [7, 11) is 0. The van der Waals surface area contributed by atoms with E-state index in [-0.39, 0.29) is 17.9 Å². The van der Waals surface area contributed by atoms with E-state index in [1.54, 1.807) is 0 Å². The monoisotopic (exact) mass is 351 g/mol. The lowest BCUT2D eigenvalue weighted by atomic mass is 10.0. The average molecular weight is 351 g/mol. The van der Waals surface area contributed by atoms with E-state index in [1.165, 1.54) is 0 Å². The first kappa shape index (κ1) is 18.1. The Hall–Kier alpha value is -2.66. The van der Waals surface area contributed by atoms with E-state index in [0.29, 0.717) is 12.1 Å². The van der Waals surface area contributed by atoms with E-state index in [9.17, 15) is 9.59 Å². The highest BCUT2D eigenvalue weighted by atomic mass is 16.2. The zero-order valence-corrected chi connectivity index (χ0v) is 15.1. The van der Waals surface area contributed by atoms with E-state index >= 15 is 0 Å². The van der Waals surface area contributed by atoms with Crippen LogP contribution in [-0.4, -0.2) is 42.4 Å². The number of piperidine rings is 1. The summed E-state index contributed by atoms with van der Waals surface area (Å²) in [5, 5.41) is 6.01. The minimum atomic E-state index is -0.0229. The van der Waals surface area contributed by atoms with Crippen LogP contribution >= 0.6 is 0 Å². The van der Waals surface area contributed by atoms with Crippen LogP contribution < -0.4 is 10.6 Å². The van der Waals surface area contributed by atoms with Gasteiger partial charge in [-0.2, -0.15) is 0 Å². The Morgan fingerprint density at radius 3 is 2.31 bits per heavy atom. The number of nitrogens with one attached hydrogen (secondary N) is 2. The van der Waals surface area contributed by atoms with Crippen molar-refractivity contribution in [2.75, 3.05) is 25.0 Å². The number of hydrogen-bond donors (Lipinski definition) is 2. The van der Waals surface area contributed by atoms with Crippen LogP contribution in [0.4, 0.5) is 5.69 Å². The molecule has 2 aromatic carbocycles. The number of hydrogen-bond acceptors (Lipinski definition) is 3. The summed E-state index contributed by atoms with van der Waals surface area (Å²) in [5.74, 6) is -0.0244. The number of carbonyl (C=O) groups excluding carboxylic acids is 2. The zero-order chi connectivity index (χ0) is 18.4. The highest BCUT2D eigenvalue weighted by molar-refractivity contribution is 5.94. The molecule has 0 unspecified atom stereocenters. The van der Waals surface area contributed by atoms with Gasteiger partial charge in [0.2, 0.25) is 5.91 Å². The molecule has 3 rings (SSSR count). The summed E-state index contributed by atoms with van der Waals surface area (Å²) in [5.41, 5.74) is 2.65. The molecule has 1 fully saturated rings. The van der Waals surface area contributed by atoms with Gasteiger partial charge in [-0.3, -0.25) is 14.5 Å². The Morgan fingerprint density at radius 2 is 1.65 bits per heavy atom. The molecular weight excluding hydrogens is 326 g/mol. The summed E-state index contributed by atoms with van der Waals surface area (Å²) in [4.78, 5) is 26.6. The van der Waals surface area contributed by atoms with Crippen LogP contribution in [0.2, 0.25) is 0 Å². The molecule has 0 bridgehead atoms. The Labute approximate surface area is 154 Å². The fourth-order valence-electron chi connectivity index (χ4n) is 3.13. The summed E-state index contributed by atoms with van der Waals surface area (Å²) < 4.78 is 0. The number of carbonyl (C=O) groups is 2. The lowest BCUT2D eigenvalue weighted by molar-refractivity contribution is -0.117. The van der Waals surface area contributed by atoms with Gasteiger partial charge in [-0.15, -0.1) is 0 Å². The van der Waals surface area contributed by atoms with Crippen LogP contribution in [0.5, 0.6) is 0 Å². The van der Waals surface area contributed by atoms with Crippen molar-refractivity contribution in [1.29, 1.82) is 0 Å². The molecule has 26 heavy (non-hydrogen) atoms. The van der Waals surface area contributed by atoms with Gasteiger partial charge < -0.3 is 10.6 Å². The summed E-state index contributed by atoms with van der Waals surface area (Å²) in [6, 6.07) is 17.3. The number of para-hydroxylation sites is 1. The molecule has 136 valence electrons. The van der Waals surface area contributed by atoms with E-state index < -0.39 is 0 Å². The first-order valence-corrected chi connectivity index (χ1v) is 9.05.